The van der Waals surface area contributed by atoms with Gasteiger partial charge in [-0.3, -0.25) is 9.89 Å². The summed E-state index contributed by atoms with van der Waals surface area (Å²) < 4.78 is 0. The van der Waals surface area contributed by atoms with Crippen molar-refractivity contribution < 1.29 is 4.79 Å². The van der Waals surface area contributed by atoms with E-state index in [-0.39, 0.29) is 5.91 Å². The van der Waals surface area contributed by atoms with Gasteiger partial charge in [-0.25, -0.2) is 0 Å². The summed E-state index contributed by atoms with van der Waals surface area (Å²) in [5.41, 5.74) is 2.97. The van der Waals surface area contributed by atoms with E-state index < -0.39 is 0 Å². The van der Waals surface area contributed by atoms with Gasteiger partial charge in [-0.05, 0) is 31.7 Å². The van der Waals surface area contributed by atoms with Crippen LogP contribution in [0.3, 0.4) is 0 Å². The molecule has 3 heterocycles. The number of carbonyl (C=O) groups excluding carboxylic acids is 1. The highest BCUT2D eigenvalue weighted by Crippen LogP contribution is 2.36. The Hall–Kier alpha value is -1.62. The molecule has 1 aliphatic rings. The number of likely N-dealkylation sites (tertiary alicyclic amines) is 1. The molecule has 100 valence electrons. The molecule has 2 aromatic heterocycles. The normalized spacial score (nSPS) is 18.4. The van der Waals surface area contributed by atoms with E-state index in [4.69, 9.17) is 0 Å². The molecule has 2 aromatic rings. The van der Waals surface area contributed by atoms with Crippen molar-refractivity contribution in [1.82, 2.24) is 15.1 Å². The maximum atomic E-state index is 12.4. The van der Waals surface area contributed by atoms with Crippen LogP contribution in [-0.2, 0) is 11.2 Å². The lowest BCUT2D eigenvalue weighted by Crippen LogP contribution is -2.45. The monoisotopic (exact) mass is 275 g/mol. The molecule has 1 fully saturated rings. The maximum Gasteiger partial charge on any atom is 0.227 e. The van der Waals surface area contributed by atoms with Gasteiger partial charge < -0.3 is 4.90 Å². The molecule has 1 N–H and O–H groups in total. The fourth-order valence-electron chi connectivity index (χ4n) is 2.55. The Kier molecular flexibility index (Phi) is 3.14. The fourth-order valence-corrected chi connectivity index (χ4v) is 3.42. The van der Waals surface area contributed by atoms with Gasteiger partial charge in [-0.2, -0.15) is 5.10 Å². The molecule has 5 heteroatoms. The quantitative estimate of drug-likeness (QED) is 0.936. The standard InChI is InChI=1S/C14H17N3OS/c1-9-11(10(2)16-15-9)8-14(18)17-6-5-12(17)13-4-3-7-19-13/h3-4,7,12H,5-6,8H2,1-2H3,(H,15,16)/t12-/m1/s1. The van der Waals surface area contributed by atoms with Gasteiger partial charge in [0.05, 0.1) is 18.2 Å². The number of hydrogen-bond acceptors (Lipinski definition) is 3. The van der Waals surface area contributed by atoms with Crippen LogP contribution in [-0.4, -0.2) is 27.5 Å². The smallest absolute Gasteiger partial charge is 0.227 e. The third-order valence-electron chi connectivity index (χ3n) is 3.82. The Labute approximate surface area is 116 Å². The number of hydrogen-bond donors (Lipinski definition) is 1. The lowest BCUT2D eigenvalue weighted by atomic mass is 9.99. The first-order valence-corrected chi connectivity index (χ1v) is 7.38. The molecule has 19 heavy (non-hydrogen) atoms. The summed E-state index contributed by atoms with van der Waals surface area (Å²) in [4.78, 5) is 15.7. The van der Waals surface area contributed by atoms with E-state index in [0.29, 0.717) is 12.5 Å². The number of aromatic nitrogens is 2. The Bertz CT molecular complexity index is 568. The van der Waals surface area contributed by atoms with Crippen LogP contribution in [0.5, 0.6) is 0 Å². The van der Waals surface area contributed by atoms with E-state index in [2.05, 4.69) is 21.6 Å². The zero-order chi connectivity index (χ0) is 13.4. The lowest BCUT2D eigenvalue weighted by Gasteiger charge is -2.40. The predicted molar refractivity (Wildman–Crippen MR) is 75.2 cm³/mol. The molecule has 0 bridgehead atoms. The molecule has 0 unspecified atom stereocenters. The number of nitrogens with zero attached hydrogens (tertiary/aromatic N) is 2. The second-order valence-electron chi connectivity index (χ2n) is 5.00. The van der Waals surface area contributed by atoms with E-state index in [0.717, 1.165) is 29.9 Å². The number of carbonyl (C=O) groups is 1. The summed E-state index contributed by atoms with van der Waals surface area (Å²) in [7, 11) is 0. The summed E-state index contributed by atoms with van der Waals surface area (Å²) >= 11 is 1.73. The molecule has 1 amide bonds. The topological polar surface area (TPSA) is 49.0 Å². The molecule has 0 aromatic carbocycles. The summed E-state index contributed by atoms with van der Waals surface area (Å²) in [6.45, 7) is 4.78. The van der Waals surface area contributed by atoms with Crippen LogP contribution in [0.25, 0.3) is 0 Å². The largest absolute Gasteiger partial charge is 0.334 e. The number of thiophene rings is 1. The Balaban J connectivity index is 1.72. The fraction of sp³-hybridized carbons (Fsp3) is 0.429. The highest BCUT2D eigenvalue weighted by molar-refractivity contribution is 7.10. The van der Waals surface area contributed by atoms with Gasteiger partial charge in [0.2, 0.25) is 5.91 Å². The van der Waals surface area contributed by atoms with Crippen molar-refractivity contribution in [2.75, 3.05) is 6.54 Å². The molecule has 0 radical (unpaired) electrons. The number of aromatic amines is 1. The predicted octanol–water partition coefficient (Wildman–Crippen LogP) is 2.60. The third kappa shape index (κ3) is 2.18. The number of amides is 1. The van der Waals surface area contributed by atoms with Crippen molar-refractivity contribution in [3.63, 3.8) is 0 Å². The second kappa shape index (κ2) is 4.81. The highest BCUT2D eigenvalue weighted by atomic mass is 32.1. The van der Waals surface area contributed by atoms with Crippen LogP contribution in [0.2, 0.25) is 0 Å². The number of rotatable bonds is 3. The minimum absolute atomic E-state index is 0.206. The van der Waals surface area contributed by atoms with Crippen LogP contribution in [0.15, 0.2) is 17.5 Å². The van der Waals surface area contributed by atoms with Crippen LogP contribution in [0, 0.1) is 13.8 Å². The van der Waals surface area contributed by atoms with Gasteiger partial charge in [-0.15, -0.1) is 11.3 Å². The van der Waals surface area contributed by atoms with Crippen molar-refractivity contribution >= 4 is 17.2 Å². The number of aryl methyl sites for hydroxylation is 2. The first-order chi connectivity index (χ1) is 9.16. The van der Waals surface area contributed by atoms with E-state index in [1.165, 1.54) is 4.88 Å². The van der Waals surface area contributed by atoms with Crippen molar-refractivity contribution in [3.05, 3.63) is 39.3 Å². The lowest BCUT2D eigenvalue weighted by molar-refractivity contribution is -0.138. The van der Waals surface area contributed by atoms with Gasteiger partial charge in [0.25, 0.3) is 0 Å². The average molecular weight is 275 g/mol. The van der Waals surface area contributed by atoms with Gasteiger partial charge in [0.1, 0.15) is 0 Å². The van der Waals surface area contributed by atoms with Gasteiger partial charge in [-0.1, -0.05) is 6.07 Å². The molecular formula is C14H17N3OS. The van der Waals surface area contributed by atoms with Crippen LogP contribution < -0.4 is 0 Å². The molecule has 0 aliphatic carbocycles. The summed E-state index contributed by atoms with van der Waals surface area (Å²) in [6, 6.07) is 4.45. The van der Waals surface area contributed by atoms with Crippen molar-refractivity contribution in [2.24, 2.45) is 0 Å². The second-order valence-corrected chi connectivity index (χ2v) is 5.98. The van der Waals surface area contributed by atoms with Gasteiger partial charge in [0, 0.05) is 22.7 Å². The number of nitrogens with one attached hydrogen (secondary N) is 1. The van der Waals surface area contributed by atoms with Gasteiger partial charge in [0.15, 0.2) is 0 Å². The maximum absolute atomic E-state index is 12.4. The Morgan fingerprint density at radius 2 is 2.42 bits per heavy atom. The average Bonchev–Trinajstić information content (AvgIpc) is 2.93. The zero-order valence-corrected chi connectivity index (χ0v) is 12.0. The van der Waals surface area contributed by atoms with Crippen molar-refractivity contribution in [1.29, 1.82) is 0 Å². The Morgan fingerprint density at radius 3 is 2.95 bits per heavy atom. The zero-order valence-electron chi connectivity index (χ0n) is 11.1. The molecule has 1 atom stereocenters. The van der Waals surface area contributed by atoms with Crippen molar-refractivity contribution in [3.8, 4) is 0 Å². The molecule has 1 aliphatic heterocycles. The molecule has 1 saturated heterocycles. The van der Waals surface area contributed by atoms with Crippen LogP contribution in [0.1, 0.15) is 34.3 Å². The third-order valence-corrected chi connectivity index (χ3v) is 4.79. The molecule has 3 rings (SSSR count). The minimum atomic E-state index is 0.206. The minimum Gasteiger partial charge on any atom is -0.334 e. The summed E-state index contributed by atoms with van der Waals surface area (Å²) in [5, 5.41) is 9.16. The van der Waals surface area contributed by atoms with Gasteiger partial charge >= 0.3 is 0 Å². The SMILES string of the molecule is Cc1n[nH]c(C)c1CC(=O)N1CC[C@@H]1c1cccs1. The number of H-pyrrole nitrogens is 1. The first-order valence-electron chi connectivity index (χ1n) is 6.50. The Morgan fingerprint density at radius 1 is 1.58 bits per heavy atom. The van der Waals surface area contributed by atoms with E-state index in [9.17, 15) is 4.79 Å². The highest BCUT2D eigenvalue weighted by Gasteiger charge is 2.34. The summed E-state index contributed by atoms with van der Waals surface area (Å²) in [6.07, 6.45) is 1.53. The van der Waals surface area contributed by atoms with E-state index in [1.807, 2.05) is 24.8 Å². The van der Waals surface area contributed by atoms with Crippen LogP contribution in [0.4, 0.5) is 0 Å². The van der Waals surface area contributed by atoms with Crippen LogP contribution >= 0.6 is 11.3 Å². The molecular weight excluding hydrogens is 258 g/mol. The summed E-state index contributed by atoms with van der Waals surface area (Å²) in [5.74, 6) is 0.206. The molecule has 0 saturated carbocycles. The molecule has 4 nitrogen and oxygen atoms in total. The van der Waals surface area contributed by atoms with Crippen molar-refractivity contribution in [2.45, 2.75) is 32.7 Å². The van der Waals surface area contributed by atoms with E-state index in [1.54, 1.807) is 11.3 Å². The first kappa shape index (κ1) is 12.4. The van der Waals surface area contributed by atoms with E-state index >= 15 is 0 Å². The molecule has 0 spiro atoms.